The Morgan fingerprint density at radius 2 is 2.50 bits per heavy atom. The predicted molar refractivity (Wildman–Crippen MR) is 44.4 cm³/mol. The Balaban J connectivity index is 2.55. The average Bonchev–Trinajstić information content (AvgIpc) is 2.55. The number of carbonyl (C=O) groups is 1. The number of ether oxygens (including phenoxy) is 2. The maximum Gasteiger partial charge on any atom is 0.333 e. The van der Waals surface area contributed by atoms with Crippen LogP contribution in [0.25, 0.3) is 0 Å². The van der Waals surface area contributed by atoms with Gasteiger partial charge in [-0.05, 0) is 13.0 Å². The molecule has 12 heavy (non-hydrogen) atoms. The Kier molecular flexibility index (Phi) is 2.91. The molecule has 0 aromatic heterocycles. The van der Waals surface area contributed by atoms with Crippen LogP contribution in [0.1, 0.15) is 6.92 Å². The third kappa shape index (κ3) is 2.12. The molecule has 0 amide bonds. The van der Waals surface area contributed by atoms with Gasteiger partial charge in [-0.1, -0.05) is 6.08 Å². The van der Waals surface area contributed by atoms with Gasteiger partial charge in [0.15, 0.2) is 0 Å². The molecule has 0 fully saturated rings. The van der Waals surface area contributed by atoms with Gasteiger partial charge in [0, 0.05) is 11.5 Å². The van der Waals surface area contributed by atoms with Crippen molar-refractivity contribution in [1.82, 2.24) is 0 Å². The molecule has 1 aliphatic heterocycles. The van der Waals surface area contributed by atoms with E-state index >= 15 is 0 Å². The number of methoxy groups -OCH3 is 1. The van der Waals surface area contributed by atoms with Crippen LogP contribution in [0.3, 0.4) is 0 Å². The Morgan fingerprint density at radius 1 is 1.75 bits per heavy atom. The van der Waals surface area contributed by atoms with Crippen LogP contribution >= 0.6 is 0 Å². The molecule has 0 aromatic carbocycles. The molecule has 66 valence electrons. The first-order chi connectivity index (χ1) is 5.74. The fourth-order valence-corrected chi connectivity index (χ4v) is 1.03. The average molecular weight is 168 g/mol. The highest BCUT2D eigenvalue weighted by Crippen LogP contribution is 2.12. The smallest absolute Gasteiger partial charge is 0.333 e. The lowest BCUT2D eigenvalue weighted by atomic mass is 10.1. The molecule has 0 saturated carbocycles. The molecule has 0 aliphatic carbocycles. The van der Waals surface area contributed by atoms with Crippen LogP contribution in [-0.2, 0) is 14.3 Å². The molecule has 0 aromatic rings. The van der Waals surface area contributed by atoms with Gasteiger partial charge in [-0.2, -0.15) is 0 Å². The third-order valence-electron chi connectivity index (χ3n) is 1.68. The second kappa shape index (κ2) is 3.95. The van der Waals surface area contributed by atoms with Crippen molar-refractivity contribution in [2.24, 2.45) is 5.92 Å². The summed E-state index contributed by atoms with van der Waals surface area (Å²) >= 11 is 0. The maximum atomic E-state index is 10.9. The predicted octanol–water partition coefficient (Wildman–Crippen LogP) is 1.27. The van der Waals surface area contributed by atoms with Gasteiger partial charge in [-0.3, -0.25) is 0 Å². The van der Waals surface area contributed by atoms with Crippen molar-refractivity contribution in [3.8, 4) is 0 Å². The zero-order chi connectivity index (χ0) is 8.97. The fourth-order valence-electron chi connectivity index (χ4n) is 1.03. The molecule has 1 aliphatic rings. The van der Waals surface area contributed by atoms with E-state index in [1.165, 1.54) is 7.11 Å². The van der Waals surface area contributed by atoms with Gasteiger partial charge in [0.1, 0.15) is 0 Å². The SMILES string of the molecule is COC(=O)/C(C)=C/C1C=COC1. The molecule has 0 saturated heterocycles. The van der Waals surface area contributed by atoms with Crippen molar-refractivity contribution in [3.05, 3.63) is 24.0 Å². The van der Waals surface area contributed by atoms with Crippen molar-refractivity contribution < 1.29 is 14.3 Å². The minimum atomic E-state index is -0.282. The largest absolute Gasteiger partial charge is 0.501 e. The molecular formula is C9H12O3. The lowest BCUT2D eigenvalue weighted by molar-refractivity contribution is -0.136. The molecule has 3 heteroatoms. The molecule has 1 unspecified atom stereocenters. The van der Waals surface area contributed by atoms with Crippen LogP contribution < -0.4 is 0 Å². The van der Waals surface area contributed by atoms with Gasteiger partial charge >= 0.3 is 5.97 Å². The van der Waals surface area contributed by atoms with E-state index in [1.54, 1.807) is 13.2 Å². The Morgan fingerprint density at radius 3 is 3.00 bits per heavy atom. The molecule has 0 bridgehead atoms. The van der Waals surface area contributed by atoms with Crippen molar-refractivity contribution in [3.63, 3.8) is 0 Å². The van der Waals surface area contributed by atoms with E-state index in [-0.39, 0.29) is 11.9 Å². The van der Waals surface area contributed by atoms with Crippen LogP contribution in [0.2, 0.25) is 0 Å². The van der Waals surface area contributed by atoms with E-state index in [0.717, 1.165) is 0 Å². The van der Waals surface area contributed by atoms with Gasteiger partial charge in [0.2, 0.25) is 0 Å². The molecule has 0 radical (unpaired) electrons. The normalized spacial score (nSPS) is 22.2. The Bertz CT molecular complexity index is 228. The third-order valence-corrected chi connectivity index (χ3v) is 1.68. The van der Waals surface area contributed by atoms with Crippen LogP contribution in [0.5, 0.6) is 0 Å². The molecule has 0 spiro atoms. The maximum absolute atomic E-state index is 10.9. The van der Waals surface area contributed by atoms with E-state index < -0.39 is 0 Å². The summed E-state index contributed by atoms with van der Waals surface area (Å²) in [6, 6.07) is 0. The van der Waals surface area contributed by atoms with E-state index in [9.17, 15) is 4.79 Å². The second-order valence-corrected chi connectivity index (χ2v) is 2.67. The van der Waals surface area contributed by atoms with Crippen molar-refractivity contribution in [2.75, 3.05) is 13.7 Å². The molecular weight excluding hydrogens is 156 g/mol. The van der Waals surface area contributed by atoms with Gasteiger partial charge in [-0.15, -0.1) is 0 Å². The number of hydrogen-bond acceptors (Lipinski definition) is 3. The van der Waals surface area contributed by atoms with Gasteiger partial charge in [0.05, 0.1) is 20.0 Å². The summed E-state index contributed by atoms with van der Waals surface area (Å²) in [7, 11) is 1.38. The molecule has 1 heterocycles. The quantitative estimate of drug-likeness (QED) is 0.460. The summed E-state index contributed by atoms with van der Waals surface area (Å²) in [5, 5.41) is 0. The monoisotopic (exact) mass is 168 g/mol. The van der Waals surface area contributed by atoms with Crippen LogP contribution in [0.15, 0.2) is 24.0 Å². The minimum Gasteiger partial charge on any atom is -0.501 e. The highest BCUT2D eigenvalue weighted by Gasteiger charge is 2.10. The van der Waals surface area contributed by atoms with Gasteiger partial charge in [-0.25, -0.2) is 4.79 Å². The van der Waals surface area contributed by atoms with E-state index in [4.69, 9.17) is 4.74 Å². The van der Waals surface area contributed by atoms with E-state index in [0.29, 0.717) is 12.2 Å². The summed E-state index contributed by atoms with van der Waals surface area (Å²) in [4.78, 5) is 10.9. The molecule has 0 N–H and O–H groups in total. The lowest BCUT2D eigenvalue weighted by Crippen LogP contribution is -2.04. The molecule has 1 atom stereocenters. The summed E-state index contributed by atoms with van der Waals surface area (Å²) in [6.07, 6.45) is 5.40. The number of hydrogen-bond donors (Lipinski definition) is 0. The van der Waals surface area contributed by atoms with E-state index in [2.05, 4.69) is 4.74 Å². The second-order valence-electron chi connectivity index (χ2n) is 2.67. The Hall–Kier alpha value is -1.25. The zero-order valence-corrected chi connectivity index (χ0v) is 7.24. The van der Waals surface area contributed by atoms with Gasteiger partial charge in [0.25, 0.3) is 0 Å². The lowest BCUT2D eigenvalue weighted by Gasteiger charge is -2.01. The summed E-state index contributed by atoms with van der Waals surface area (Å²) in [5.41, 5.74) is 0.623. The zero-order valence-electron chi connectivity index (χ0n) is 7.24. The first kappa shape index (κ1) is 8.84. The highest BCUT2D eigenvalue weighted by atomic mass is 16.5. The van der Waals surface area contributed by atoms with Crippen LogP contribution in [0.4, 0.5) is 0 Å². The molecule has 3 nitrogen and oxygen atoms in total. The highest BCUT2D eigenvalue weighted by molar-refractivity contribution is 5.87. The molecule has 1 rings (SSSR count). The van der Waals surface area contributed by atoms with E-state index in [1.807, 2.05) is 12.2 Å². The van der Waals surface area contributed by atoms with Crippen LogP contribution in [0, 0.1) is 5.92 Å². The Labute approximate surface area is 71.7 Å². The number of carbonyl (C=O) groups excluding carboxylic acids is 1. The first-order valence-electron chi connectivity index (χ1n) is 3.79. The summed E-state index contributed by atoms with van der Waals surface area (Å²) in [5.74, 6) is -0.0700. The van der Waals surface area contributed by atoms with Gasteiger partial charge < -0.3 is 9.47 Å². The number of rotatable bonds is 2. The minimum absolute atomic E-state index is 0.212. The summed E-state index contributed by atoms with van der Waals surface area (Å²) < 4.78 is 9.54. The topological polar surface area (TPSA) is 35.5 Å². The first-order valence-corrected chi connectivity index (χ1v) is 3.79. The van der Waals surface area contributed by atoms with Crippen molar-refractivity contribution >= 4 is 5.97 Å². The van der Waals surface area contributed by atoms with Crippen LogP contribution in [-0.4, -0.2) is 19.7 Å². The standard InChI is InChI=1S/C9H12O3/c1-7(9(10)11-2)5-8-3-4-12-6-8/h3-5,8H,6H2,1-2H3/b7-5+. The fraction of sp³-hybridized carbons (Fsp3) is 0.444. The summed E-state index contributed by atoms with van der Waals surface area (Å²) in [6.45, 7) is 2.35. The van der Waals surface area contributed by atoms with Crippen molar-refractivity contribution in [2.45, 2.75) is 6.92 Å². The number of esters is 1. The van der Waals surface area contributed by atoms with Crippen molar-refractivity contribution in [1.29, 1.82) is 0 Å².